The number of carbonyl (C=O) groups is 4. The number of H-pyrrole nitrogens is 1. The minimum atomic E-state index is -1.17. The molecule has 4 unspecified atom stereocenters. The molecular weight excluding hydrogens is 490 g/mol. The van der Waals surface area contributed by atoms with E-state index < -0.39 is 47.9 Å². The maximum atomic E-state index is 13.4. The quantitative estimate of drug-likeness (QED) is 0.145. The van der Waals surface area contributed by atoms with Crippen LogP contribution in [0.3, 0.4) is 0 Å². The highest BCUT2D eigenvalue weighted by atomic mass is 16.4. The smallest absolute Gasteiger partial charge is 0.326 e. The lowest BCUT2D eigenvalue weighted by molar-refractivity contribution is -0.143. The van der Waals surface area contributed by atoms with Crippen molar-refractivity contribution >= 4 is 23.7 Å². The fourth-order valence-corrected chi connectivity index (χ4v) is 3.87. The van der Waals surface area contributed by atoms with Crippen LogP contribution in [0.2, 0.25) is 0 Å². The number of carbonyl (C=O) groups excluding carboxylic acids is 3. The Morgan fingerprint density at radius 2 is 1.61 bits per heavy atom. The Morgan fingerprint density at radius 1 is 0.947 bits per heavy atom. The molecule has 0 aliphatic heterocycles. The van der Waals surface area contributed by atoms with Gasteiger partial charge in [-0.05, 0) is 43.7 Å². The second-order valence-corrected chi connectivity index (χ2v) is 9.55. The predicted molar refractivity (Wildman–Crippen MR) is 142 cm³/mol. The predicted octanol–water partition coefficient (Wildman–Crippen LogP) is -0.154. The molecule has 1 aromatic carbocycles. The van der Waals surface area contributed by atoms with Crippen molar-refractivity contribution in [2.75, 3.05) is 6.54 Å². The van der Waals surface area contributed by atoms with E-state index >= 15 is 0 Å². The standard InChI is InChI=1S/C26H39N7O5/c1-16(2)22(26(37)38)33-24(35)20(10-6-7-11-27)31-25(36)21(13-18-14-29-15-30-18)32-23(34)19(28)12-17-8-4-3-5-9-17/h3-5,8-9,14-16,19-22H,6-7,10-13,27-28H2,1-2H3,(H,29,30)(H,31,36)(H,32,34)(H,33,35)(H,37,38). The van der Waals surface area contributed by atoms with Crippen molar-refractivity contribution in [3.05, 3.63) is 54.1 Å². The fourth-order valence-electron chi connectivity index (χ4n) is 3.87. The lowest BCUT2D eigenvalue weighted by Gasteiger charge is -2.26. The van der Waals surface area contributed by atoms with Crippen LogP contribution in [0.1, 0.15) is 44.4 Å². The van der Waals surface area contributed by atoms with Gasteiger partial charge in [-0.2, -0.15) is 0 Å². The molecule has 3 amide bonds. The first kappa shape index (κ1) is 30.5. The van der Waals surface area contributed by atoms with Crippen LogP contribution in [-0.4, -0.2) is 69.5 Å². The average molecular weight is 530 g/mol. The van der Waals surface area contributed by atoms with Crippen LogP contribution < -0.4 is 27.4 Å². The third kappa shape index (κ3) is 9.94. The van der Waals surface area contributed by atoms with E-state index in [1.165, 1.54) is 12.5 Å². The number of carboxylic acid groups (broad SMARTS) is 1. The highest BCUT2D eigenvalue weighted by Gasteiger charge is 2.31. The first-order chi connectivity index (χ1) is 18.1. The molecule has 1 aromatic heterocycles. The molecule has 38 heavy (non-hydrogen) atoms. The summed E-state index contributed by atoms with van der Waals surface area (Å²) in [5, 5.41) is 17.4. The largest absolute Gasteiger partial charge is 0.480 e. The number of benzene rings is 1. The van der Waals surface area contributed by atoms with Crippen molar-refractivity contribution in [1.82, 2.24) is 25.9 Å². The Labute approximate surface area is 222 Å². The van der Waals surface area contributed by atoms with Crippen LogP contribution >= 0.6 is 0 Å². The summed E-state index contributed by atoms with van der Waals surface area (Å²) in [6.07, 6.45) is 4.74. The molecule has 2 aromatic rings. The molecule has 0 aliphatic rings. The van der Waals surface area contributed by atoms with Gasteiger partial charge in [0.15, 0.2) is 0 Å². The number of aliphatic carboxylic acids is 1. The molecule has 0 aliphatic carbocycles. The van der Waals surface area contributed by atoms with Crippen molar-refractivity contribution < 1.29 is 24.3 Å². The van der Waals surface area contributed by atoms with Crippen LogP contribution in [0, 0.1) is 5.92 Å². The van der Waals surface area contributed by atoms with Crippen LogP contribution in [-0.2, 0) is 32.0 Å². The van der Waals surface area contributed by atoms with E-state index in [9.17, 15) is 24.3 Å². The van der Waals surface area contributed by atoms with Gasteiger partial charge in [0, 0.05) is 18.3 Å². The second kappa shape index (κ2) is 15.5. The molecule has 0 saturated carbocycles. The number of aromatic amines is 1. The Kier molecular flexibility index (Phi) is 12.4. The number of nitrogens with one attached hydrogen (secondary N) is 4. The SMILES string of the molecule is CC(C)C(NC(=O)C(CCCCN)NC(=O)C(Cc1cnc[nH]1)NC(=O)C(N)Cc1ccccc1)C(=O)O. The maximum absolute atomic E-state index is 13.4. The van der Waals surface area contributed by atoms with Gasteiger partial charge in [0.2, 0.25) is 17.7 Å². The van der Waals surface area contributed by atoms with E-state index in [-0.39, 0.29) is 25.2 Å². The van der Waals surface area contributed by atoms with Crippen LogP contribution in [0.5, 0.6) is 0 Å². The zero-order valence-corrected chi connectivity index (χ0v) is 21.9. The van der Waals surface area contributed by atoms with Gasteiger partial charge in [-0.1, -0.05) is 44.2 Å². The summed E-state index contributed by atoms with van der Waals surface area (Å²) >= 11 is 0. The Morgan fingerprint density at radius 3 is 2.18 bits per heavy atom. The number of aromatic nitrogens is 2. The fraction of sp³-hybridized carbons (Fsp3) is 0.500. The molecule has 0 bridgehead atoms. The van der Waals surface area contributed by atoms with E-state index in [4.69, 9.17) is 11.5 Å². The van der Waals surface area contributed by atoms with Gasteiger partial charge in [-0.15, -0.1) is 0 Å². The minimum absolute atomic E-state index is 0.0799. The average Bonchev–Trinajstić information content (AvgIpc) is 3.39. The van der Waals surface area contributed by atoms with Gasteiger partial charge in [-0.25, -0.2) is 9.78 Å². The Hall–Kier alpha value is -3.77. The number of hydrogen-bond acceptors (Lipinski definition) is 7. The lowest BCUT2D eigenvalue weighted by Crippen LogP contribution is -2.58. The van der Waals surface area contributed by atoms with Crippen molar-refractivity contribution in [1.29, 1.82) is 0 Å². The van der Waals surface area contributed by atoms with Crippen molar-refractivity contribution in [3.63, 3.8) is 0 Å². The molecule has 0 saturated heterocycles. The Balaban J connectivity index is 2.17. The van der Waals surface area contributed by atoms with E-state index in [2.05, 4.69) is 25.9 Å². The number of nitrogens with zero attached hydrogens (tertiary/aromatic N) is 1. The molecule has 1 heterocycles. The zero-order chi connectivity index (χ0) is 28.1. The highest BCUT2D eigenvalue weighted by molar-refractivity contribution is 5.94. The van der Waals surface area contributed by atoms with E-state index in [0.29, 0.717) is 25.1 Å². The molecule has 208 valence electrons. The van der Waals surface area contributed by atoms with E-state index in [1.807, 2.05) is 30.3 Å². The number of amides is 3. The van der Waals surface area contributed by atoms with Gasteiger partial charge in [0.1, 0.15) is 18.1 Å². The summed E-state index contributed by atoms with van der Waals surface area (Å²) in [6, 6.07) is 5.16. The molecule has 0 spiro atoms. The topological polar surface area (TPSA) is 205 Å². The minimum Gasteiger partial charge on any atom is -0.480 e. The first-order valence-corrected chi connectivity index (χ1v) is 12.7. The number of nitrogens with two attached hydrogens (primary N) is 2. The lowest BCUT2D eigenvalue weighted by atomic mass is 10.0. The zero-order valence-electron chi connectivity index (χ0n) is 21.9. The van der Waals surface area contributed by atoms with Crippen molar-refractivity contribution in [3.8, 4) is 0 Å². The third-order valence-corrected chi connectivity index (χ3v) is 6.06. The summed E-state index contributed by atoms with van der Waals surface area (Å²) < 4.78 is 0. The van der Waals surface area contributed by atoms with Crippen molar-refractivity contribution in [2.45, 2.75) is 70.1 Å². The second-order valence-electron chi connectivity index (χ2n) is 9.55. The molecule has 0 fully saturated rings. The van der Waals surface area contributed by atoms with Crippen LogP contribution in [0.4, 0.5) is 0 Å². The van der Waals surface area contributed by atoms with E-state index in [0.717, 1.165) is 5.56 Å². The summed E-state index contributed by atoms with van der Waals surface area (Å²) in [5.74, 6) is -3.29. The monoisotopic (exact) mass is 529 g/mol. The molecule has 2 rings (SSSR count). The first-order valence-electron chi connectivity index (χ1n) is 12.7. The van der Waals surface area contributed by atoms with Crippen molar-refractivity contribution in [2.24, 2.45) is 17.4 Å². The summed E-state index contributed by atoms with van der Waals surface area (Å²) in [6.45, 7) is 3.76. The van der Waals surface area contributed by atoms with Crippen LogP contribution in [0.15, 0.2) is 42.9 Å². The number of rotatable bonds is 16. The third-order valence-electron chi connectivity index (χ3n) is 6.06. The summed E-state index contributed by atoms with van der Waals surface area (Å²) in [4.78, 5) is 57.8. The van der Waals surface area contributed by atoms with Crippen LogP contribution in [0.25, 0.3) is 0 Å². The highest BCUT2D eigenvalue weighted by Crippen LogP contribution is 2.08. The number of carboxylic acids is 1. The maximum Gasteiger partial charge on any atom is 0.326 e. The number of imidazole rings is 1. The molecule has 0 radical (unpaired) electrons. The van der Waals surface area contributed by atoms with Gasteiger partial charge >= 0.3 is 5.97 Å². The molecule has 12 heteroatoms. The van der Waals surface area contributed by atoms with Gasteiger partial charge in [-0.3, -0.25) is 14.4 Å². The van der Waals surface area contributed by atoms with Gasteiger partial charge in [0.05, 0.1) is 12.4 Å². The normalized spacial score (nSPS) is 14.2. The number of hydrogen-bond donors (Lipinski definition) is 7. The van der Waals surface area contributed by atoms with Gasteiger partial charge < -0.3 is 37.5 Å². The molecule has 12 nitrogen and oxygen atoms in total. The molecule has 4 atom stereocenters. The summed E-state index contributed by atoms with van der Waals surface area (Å²) in [7, 11) is 0. The number of unbranched alkanes of at least 4 members (excludes halogenated alkanes) is 1. The van der Waals surface area contributed by atoms with E-state index in [1.54, 1.807) is 13.8 Å². The van der Waals surface area contributed by atoms with Gasteiger partial charge in [0.25, 0.3) is 0 Å². The Bertz CT molecular complexity index is 1030. The molecule has 9 N–H and O–H groups in total. The summed E-state index contributed by atoms with van der Waals surface area (Å²) in [5.41, 5.74) is 13.2. The molecular formula is C26H39N7O5.